The minimum Gasteiger partial charge on any atom is -0.364 e. The molecule has 1 amide bonds. The van der Waals surface area contributed by atoms with Crippen LogP contribution in [0.15, 0.2) is 24.3 Å². The standard InChI is InChI=1S/C17H26N2O3S/c1-17(2,3)23(21)11-12-5-4-6-13(9-12)19-16(20)15-8-7-14(10-18)22-15/h4-6,9,14-15H,7-8,10-11,18H2,1-3H3,(H,19,20)/t14-,15+,23?/m1/s1. The predicted molar refractivity (Wildman–Crippen MR) is 93.6 cm³/mol. The van der Waals surface area contributed by atoms with Crippen molar-refractivity contribution in [3.63, 3.8) is 0 Å². The molecule has 2 rings (SSSR count). The maximum atomic E-state index is 12.2. The maximum absolute atomic E-state index is 12.2. The second-order valence-corrected chi connectivity index (χ2v) is 9.06. The average Bonchev–Trinajstić information content (AvgIpc) is 2.95. The molecule has 128 valence electrons. The van der Waals surface area contributed by atoms with E-state index in [2.05, 4.69) is 5.32 Å². The number of nitrogens with one attached hydrogen (secondary N) is 1. The Labute approximate surface area is 140 Å². The molecule has 3 N–H and O–H groups in total. The summed E-state index contributed by atoms with van der Waals surface area (Å²) in [4.78, 5) is 12.2. The fourth-order valence-corrected chi connectivity index (χ4v) is 3.32. The molecule has 1 aromatic rings. The highest BCUT2D eigenvalue weighted by Gasteiger charge is 2.29. The van der Waals surface area contributed by atoms with Crippen molar-refractivity contribution in [1.29, 1.82) is 0 Å². The highest BCUT2D eigenvalue weighted by molar-refractivity contribution is 7.85. The molecule has 0 aliphatic carbocycles. The Bertz CT molecular complexity index is 583. The first-order valence-electron chi connectivity index (χ1n) is 7.93. The molecule has 0 saturated carbocycles. The second-order valence-electron chi connectivity index (χ2n) is 6.85. The Morgan fingerprint density at radius 3 is 2.74 bits per heavy atom. The average molecular weight is 338 g/mol. The van der Waals surface area contributed by atoms with E-state index in [4.69, 9.17) is 10.5 Å². The Morgan fingerprint density at radius 1 is 1.39 bits per heavy atom. The molecule has 23 heavy (non-hydrogen) atoms. The van der Waals surface area contributed by atoms with Gasteiger partial charge < -0.3 is 15.8 Å². The minimum absolute atomic E-state index is 0.0220. The lowest BCUT2D eigenvalue weighted by Crippen LogP contribution is -2.29. The zero-order valence-corrected chi connectivity index (χ0v) is 14.8. The van der Waals surface area contributed by atoms with Crippen molar-refractivity contribution in [2.45, 2.75) is 56.3 Å². The molecule has 0 spiro atoms. The first-order valence-corrected chi connectivity index (χ1v) is 9.25. The van der Waals surface area contributed by atoms with E-state index in [1.807, 2.05) is 45.0 Å². The minimum atomic E-state index is -0.969. The fraction of sp³-hybridized carbons (Fsp3) is 0.588. The third-order valence-corrected chi connectivity index (χ3v) is 5.80. The number of ether oxygens (including phenoxy) is 1. The van der Waals surface area contributed by atoms with Crippen molar-refractivity contribution < 1.29 is 13.7 Å². The largest absolute Gasteiger partial charge is 0.364 e. The van der Waals surface area contributed by atoms with E-state index in [1.54, 1.807) is 0 Å². The second kappa shape index (κ2) is 7.55. The molecule has 0 bridgehead atoms. The lowest BCUT2D eigenvalue weighted by atomic mass is 10.1. The number of rotatable bonds is 5. The summed E-state index contributed by atoms with van der Waals surface area (Å²) in [5, 5.41) is 2.88. The summed E-state index contributed by atoms with van der Waals surface area (Å²) < 4.78 is 17.6. The van der Waals surface area contributed by atoms with E-state index in [0.29, 0.717) is 24.4 Å². The zero-order chi connectivity index (χ0) is 17.0. The number of carbonyl (C=O) groups excluding carboxylic acids is 1. The first-order chi connectivity index (χ1) is 10.8. The third kappa shape index (κ3) is 5.12. The smallest absolute Gasteiger partial charge is 0.253 e. The summed E-state index contributed by atoms with van der Waals surface area (Å²) in [6.07, 6.45) is 1.06. The van der Waals surface area contributed by atoms with Gasteiger partial charge in [0, 0.05) is 33.5 Å². The van der Waals surface area contributed by atoms with Gasteiger partial charge in [0.2, 0.25) is 0 Å². The molecule has 0 radical (unpaired) electrons. The van der Waals surface area contributed by atoms with E-state index in [-0.39, 0.29) is 16.8 Å². The molecule has 5 nitrogen and oxygen atoms in total. The molecule has 0 aromatic heterocycles. The van der Waals surface area contributed by atoms with Crippen molar-refractivity contribution in [1.82, 2.24) is 0 Å². The van der Waals surface area contributed by atoms with Gasteiger partial charge in [-0.2, -0.15) is 0 Å². The van der Waals surface area contributed by atoms with E-state index < -0.39 is 16.9 Å². The molecule has 3 atom stereocenters. The Kier molecular flexibility index (Phi) is 5.95. The van der Waals surface area contributed by atoms with Crippen LogP contribution in [-0.4, -0.2) is 33.6 Å². The lowest BCUT2D eigenvalue weighted by molar-refractivity contribution is -0.126. The molecular formula is C17H26N2O3S. The summed E-state index contributed by atoms with van der Waals surface area (Å²) in [5.74, 6) is 0.331. The summed E-state index contributed by atoms with van der Waals surface area (Å²) >= 11 is 0. The highest BCUT2D eigenvalue weighted by atomic mass is 32.2. The molecule has 1 aromatic carbocycles. The Morgan fingerprint density at radius 2 is 2.13 bits per heavy atom. The van der Waals surface area contributed by atoms with Crippen LogP contribution in [-0.2, 0) is 26.1 Å². The molecule has 1 aliphatic heterocycles. The maximum Gasteiger partial charge on any atom is 0.253 e. The number of anilines is 1. The van der Waals surface area contributed by atoms with E-state index in [0.717, 1.165) is 12.0 Å². The van der Waals surface area contributed by atoms with Crippen molar-refractivity contribution in [3.05, 3.63) is 29.8 Å². The van der Waals surface area contributed by atoms with Gasteiger partial charge in [-0.15, -0.1) is 0 Å². The number of hydrogen-bond acceptors (Lipinski definition) is 4. The fourth-order valence-electron chi connectivity index (χ4n) is 2.40. The topological polar surface area (TPSA) is 81.4 Å². The number of amides is 1. The van der Waals surface area contributed by atoms with E-state index >= 15 is 0 Å². The van der Waals surface area contributed by atoms with Crippen molar-refractivity contribution in [3.8, 4) is 0 Å². The van der Waals surface area contributed by atoms with Crippen LogP contribution in [0.2, 0.25) is 0 Å². The number of hydrogen-bond donors (Lipinski definition) is 2. The van der Waals surface area contributed by atoms with Crippen molar-refractivity contribution in [2.75, 3.05) is 11.9 Å². The van der Waals surface area contributed by atoms with E-state index in [9.17, 15) is 9.00 Å². The lowest BCUT2D eigenvalue weighted by Gasteiger charge is -2.18. The Hall–Kier alpha value is -1.24. The Balaban J connectivity index is 1.97. The monoisotopic (exact) mass is 338 g/mol. The van der Waals surface area contributed by atoms with Gasteiger partial charge >= 0.3 is 0 Å². The van der Waals surface area contributed by atoms with Crippen LogP contribution in [0.4, 0.5) is 5.69 Å². The van der Waals surface area contributed by atoms with Crippen LogP contribution in [0.1, 0.15) is 39.2 Å². The third-order valence-electron chi connectivity index (χ3n) is 3.84. The van der Waals surface area contributed by atoms with Crippen molar-refractivity contribution >= 4 is 22.4 Å². The molecule has 1 aliphatic rings. The van der Waals surface area contributed by atoms with E-state index in [1.165, 1.54) is 0 Å². The van der Waals surface area contributed by atoms with Gasteiger partial charge in [0.15, 0.2) is 0 Å². The van der Waals surface area contributed by atoms with Gasteiger partial charge in [-0.25, -0.2) is 0 Å². The van der Waals surface area contributed by atoms with Gasteiger partial charge in [0.1, 0.15) is 6.10 Å². The number of benzene rings is 1. The molecule has 1 saturated heterocycles. The number of carbonyl (C=O) groups is 1. The molecular weight excluding hydrogens is 312 g/mol. The van der Waals surface area contributed by atoms with Gasteiger partial charge in [0.05, 0.1) is 6.10 Å². The van der Waals surface area contributed by atoms with Crippen molar-refractivity contribution in [2.24, 2.45) is 5.73 Å². The summed E-state index contributed by atoms with van der Waals surface area (Å²) in [6.45, 7) is 6.32. The van der Waals surface area contributed by atoms with Gasteiger partial charge in [-0.1, -0.05) is 12.1 Å². The van der Waals surface area contributed by atoms with Crippen LogP contribution in [0.5, 0.6) is 0 Å². The predicted octanol–water partition coefficient (Wildman–Crippen LogP) is 2.18. The number of nitrogens with two attached hydrogens (primary N) is 1. The van der Waals surface area contributed by atoms with Crippen LogP contribution < -0.4 is 11.1 Å². The molecule has 1 fully saturated rings. The molecule has 6 heteroatoms. The van der Waals surface area contributed by atoms with Gasteiger partial charge in [0.25, 0.3) is 5.91 Å². The summed E-state index contributed by atoms with van der Waals surface area (Å²) in [7, 11) is -0.969. The highest BCUT2D eigenvalue weighted by Crippen LogP contribution is 2.22. The summed E-state index contributed by atoms with van der Waals surface area (Å²) in [5.41, 5.74) is 7.22. The quantitative estimate of drug-likeness (QED) is 0.862. The molecule has 1 unspecified atom stereocenters. The zero-order valence-electron chi connectivity index (χ0n) is 14.0. The van der Waals surface area contributed by atoms with Crippen LogP contribution in [0, 0.1) is 0 Å². The molecule has 1 heterocycles. The normalized spacial score (nSPS) is 22.8. The summed E-state index contributed by atoms with van der Waals surface area (Å²) in [6, 6.07) is 7.49. The SMILES string of the molecule is CC(C)(C)S(=O)Cc1cccc(NC(=O)[C@@H]2CC[C@H](CN)O2)c1. The van der Waals surface area contributed by atoms with Crippen LogP contribution in [0.3, 0.4) is 0 Å². The van der Waals surface area contributed by atoms with Gasteiger partial charge in [-0.3, -0.25) is 9.00 Å². The first kappa shape index (κ1) is 18.1. The van der Waals surface area contributed by atoms with Gasteiger partial charge in [-0.05, 0) is 51.3 Å². The van der Waals surface area contributed by atoms with Crippen LogP contribution in [0.25, 0.3) is 0 Å². The van der Waals surface area contributed by atoms with Crippen LogP contribution >= 0.6 is 0 Å².